The number of benzene rings is 1. The Kier molecular flexibility index (Phi) is 4.38. The van der Waals surface area contributed by atoms with Gasteiger partial charge >= 0.3 is 0 Å². The summed E-state index contributed by atoms with van der Waals surface area (Å²) in [6, 6.07) is 9.76. The van der Waals surface area contributed by atoms with E-state index in [1.54, 1.807) is 4.68 Å². The topological polar surface area (TPSA) is 64.9 Å². The van der Waals surface area contributed by atoms with Crippen LogP contribution < -0.4 is 5.48 Å². The fourth-order valence-electron chi connectivity index (χ4n) is 1.43. The Morgan fingerprint density at radius 3 is 2.78 bits per heavy atom. The minimum atomic E-state index is 0.467. The highest BCUT2D eigenvalue weighted by Gasteiger charge is 2.07. The fraction of sp³-hybridized carbons (Fsp3) is 0.417. The van der Waals surface area contributed by atoms with E-state index in [0.29, 0.717) is 24.9 Å². The van der Waals surface area contributed by atoms with Crippen LogP contribution in [0.2, 0.25) is 0 Å². The van der Waals surface area contributed by atoms with Gasteiger partial charge in [0.15, 0.2) is 5.82 Å². The van der Waals surface area contributed by atoms with E-state index in [4.69, 9.17) is 4.84 Å². The predicted molar refractivity (Wildman–Crippen MR) is 66.8 cm³/mol. The minimum absolute atomic E-state index is 0.467. The summed E-state index contributed by atoms with van der Waals surface area (Å²) in [5, 5.41) is 11.6. The summed E-state index contributed by atoms with van der Waals surface area (Å²) in [5.41, 5.74) is 3.80. The van der Waals surface area contributed by atoms with Gasteiger partial charge in [-0.15, -0.1) is 5.10 Å². The SMILES string of the molecule is CC(C)CONCc1nnnn1-c1ccccc1. The maximum absolute atomic E-state index is 5.30. The molecule has 2 aromatic rings. The van der Waals surface area contributed by atoms with Crippen LogP contribution in [-0.4, -0.2) is 26.8 Å². The largest absolute Gasteiger partial charge is 0.301 e. The molecule has 0 radical (unpaired) electrons. The van der Waals surface area contributed by atoms with Gasteiger partial charge in [-0.1, -0.05) is 32.0 Å². The van der Waals surface area contributed by atoms with Crippen LogP contribution in [0, 0.1) is 5.92 Å². The zero-order valence-corrected chi connectivity index (χ0v) is 10.6. The molecule has 0 atom stereocenters. The number of hydrogen-bond donors (Lipinski definition) is 1. The molecule has 0 bridgehead atoms. The van der Waals surface area contributed by atoms with E-state index in [-0.39, 0.29) is 0 Å². The van der Waals surface area contributed by atoms with Crippen molar-refractivity contribution in [2.75, 3.05) is 6.61 Å². The van der Waals surface area contributed by atoms with Crippen LogP contribution in [0.5, 0.6) is 0 Å². The lowest BCUT2D eigenvalue weighted by Crippen LogP contribution is -2.20. The van der Waals surface area contributed by atoms with Gasteiger partial charge in [-0.05, 0) is 28.5 Å². The van der Waals surface area contributed by atoms with Crippen molar-refractivity contribution in [2.24, 2.45) is 5.92 Å². The van der Waals surface area contributed by atoms with E-state index in [1.807, 2.05) is 30.3 Å². The molecule has 6 nitrogen and oxygen atoms in total. The molecule has 0 saturated heterocycles. The number of aromatic nitrogens is 4. The van der Waals surface area contributed by atoms with Crippen molar-refractivity contribution in [1.29, 1.82) is 0 Å². The molecule has 0 spiro atoms. The number of nitrogens with zero attached hydrogens (tertiary/aromatic N) is 4. The van der Waals surface area contributed by atoms with Gasteiger partial charge in [-0.2, -0.15) is 10.2 Å². The van der Waals surface area contributed by atoms with Crippen LogP contribution in [0.25, 0.3) is 5.69 Å². The number of nitrogens with one attached hydrogen (secondary N) is 1. The third-order valence-electron chi connectivity index (χ3n) is 2.28. The lowest BCUT2D eigenvalue weighted by atomic mass is 10.2. The lowest BCUT2D eigenvalue weighted by molar-refractivity contribution is 0.0180. The van der Waals surface area contributed by atoms with Crippen molar-refractivity contribution in [3.63, 3.8) is 0 Å². The van der Waals surface area contributed by atoms with Crippen LogP contribution in [0.15, 0.2) is 30.3 Å². The fourth-order valence-corrected chi connectivity index (χ4v) is 1.43. The molecule has 0 aliphatic rings. The minimum Gasteiger partial charge on any atom is -0.301 e. The molecule has 96 valence electrons. The van der Waals surface area contributed by atoms with Gasteiger partial charge in [0, 0.05) is 0 Å². The Morgan fingerprint density at radius 2 is 2.06 bits per heavy atom. The van der Waals surface area contributed by atoms with E-state index < -0.39 is 0 Å². The molecule has 0 unspecified atom stereocenters. The molecule has 1 aromatic carbocycles. The normalized spacial score (nSPS) is 11.1. The summed E-state index contributed by atoms with van der Waals surface area (Å²) >= 11 is 0. The maximum atomic E-state index is 5.30. The van der Waals surface area contributed by atoms with Crippen LogP contribution in [0.1, 0.15) is 19.7 Å². The molecule has 0 aliphatic heterocycles. The predicted octanol–water partition coefficient (Wildman–Crippen LogP) is 1.34. The van der Waals surface area contributed by atoms with Crippen LogP contribution >= 0.6 is 0 Å². The average molecular weight is 247 g/mol. The van der Waals surface area contributed by atoms with Gasteiger partial charge < -0.3 is 4.84 Å². The van der Waals surface area contributed by atoms with Crippen molar-refractivity contribution in [3.8, 4) is 5.69 Å². The zero-order valence-electron chi connectivity index (χ0n) is 10.6. The highest BCUT2D eigenvalue weighted by Crippen LogP contribution is 2.06. The lowest BCUT2D eigenvalue weighted by Gasteiger charge is -2.08. The first-order chi connectivity index (χ1) is 8.77. The summed E-state index contributed by atoms with van der Waals surface area (Å²) < 4.78 is 1.69. The number of hydrogen-bond acceptors (Lipinski definition) is 5. The Balaban J connectivity index is 1.96. The monoisotopic (exact) mass is 247 g/mol. The van der Waals surface area contributed by atoms with E-state index in [0.717, 1.165) is 5.69 Å². The average Bonchev–Trinajstić information content (AvgIpc) is 2.84. The van der Waals surface area contributed by atoms with Crippen molar-refractivity contribution in [1.82, 2.24) is 25.7 Å². The molecule has 6 heteroatoms. The van der Waals surface area contributed by atoms with Crippen molar-refractivity contribution >= 4 is 0 Å². The number of hydroxylamine groups is 1. The molecule has 0 fully saturated rings. The molecule has 0 amide bonds. The highest BCUT2D eigenvalue weighted by atomic mass is 16.6. The second-order valence-electron chi connectivity index (χ2n) is 4.37. The number of rotatable bonds is 6. The molecule has 1 aromatic heterocycles. The molecule has 1 N–H and O–H groups in total. The quantitative estimate of drug-likeness (QED) is 0.616. The van der Waals surface area contributed by atoms with E-state index in [2.05, 4.69) is 34.9 Å². The van der Waals surface area contributed by atoms with Crippen molar-refractivity contribution in [3.05, 3.63) is 36.2 Å². The van der Waals surface area contributed by atoms with Gasteiger partial charge in [0.1, 0.15) is 0 Å². The standard InChI is InChI=1S/C12H17N5O/c1-10(2)9-18-13-8-12-14-15-16-17(12)11-6-4-3-5-7-11/h3-7,10,13H,8-9H2,1-2H3. The number of para-hydroxylation sites is 1. The zero-order chi connectivity index (χ0) is 12.8. The summed E-state index contributed by atoms with van der Waals surface area (Å²) in [6.45, 7) is 5.31. The molecular formula is C12H17N5O. The Hall–Kier alpha value is -1.79. The van der Waals surface area contributed by atoms with Crippen molar-refractivity contribution in [2.45, 2.75) is 20.4 Å². The van der Waals surface area contributed by atoms with E-state index >= 15 is 0 Å². The van der Waals surface area contributed by atoms with Crippen LogP contribution in [0.3, 0.4) is 0 Å². The first-order valence-electron chi connectivity index (χ1n) is 5.94. The van der Waals surface area contributed by atoms with Gasteiger partial charge in [-0.3, -0.25) is 0 Å². The molecule has 0 saturated carbocycles. The summed E-state index contributed by atoms with van der Waals surface area (Å²) in [6.07, 6.45) is 0. The van der Waals surface area contributed by atoms with Gasteiger partial charge in [0.25, 0.3) is 0 Å². The smallest absolute Gasteiger partial charge is 0.172 e. The third kappa shape index (κ3) is 3.35. The highest BCUT2D eigenvalue weighted by molar-refractivity contribution is 5.30. The molecule has 0 aliphatic carbocycles. The Bertz CT molecular complexity index is 468. The Morgan fingerprint density at radius 1 is 1.28 bits per heavy atom. The van der Waals surface area contributed by atoms with E-state index in [1.165, 1.54) is 0 Å². The van der Waals surface area contributed by atoms with Gasteiger partial charge in [0.2, 0.25) is 0 Å². The van der Waals surface area contributed by atoms with Crippen LogP contribution in [-0.2, 0) is 11.4 Å². The Labute approximate surface area is 106 Å². The van der Waals surface area contributed by atoms with Crippen molar-refractivity contribution < 1.29 is 4.84 Å². The molecule has 18 heavy (non-hydrogen) atoms. The molecule has 2 rings (SSSR count). The summed E-state index contributed by atoms with van der Waals surface area (Å²) in [7, 11) is 0. The maximum Gasteiger partial charge on any atom is 0.172 e. The first kappa shape index (κ1) is 12.7. The molecular weight excluding hydrogens is 230 g/mol. The second kappa shape index (κ2) is 6.23. The van der Waals surface area contributed by atoms with Gasteiger partial charge in [-0.25, -0.2) is 0 Å². The summed E-state index contributed by atoms with van der Waals surface area (Å²) in [5.74, 6) is 1.20. The molecule has 1 heterocycles. The second-order valence-corrected chi connectivity index (χ2v) is 4.37. The number of tetrazole rings is 1. The van der Waals surface area contributed by atoms with E-state index in [9.17, 15) is 0 Å². The van der Waals surface area contributed by atoms with Gasteiger partial charge in [0.05, 0.1) is 18.8 Å². The third-order valence-corrected chi connectivity index (χ3v) is 2.28. The first-order valence-corrected chi connectivity index (χ1v) is 5.94. The van der Waals surface area contributed by atoms with Crippen LogP contribution in [0.4, 0.5) is 0 Å². The summed E-state index contributed by atoms with van der Waals surface area (Å²) in [4.78, 5) is 5.30.